The van der Waals surface area contributed by atoms with Crippen molar-refractivity contribution in [3.63, 3.8) is 0 Å². The third kappa shape index (κ3) is 3.07. The number of aromatic nitrogens is 5. The summed E-state index contributed by atoms with van der Waals surface area (Å²) < 4.78 is 6.87. The summed E-state index contributed by atoms with van der Waals surface area (Å²) in [5.41, 5.74) is 2.45. The number of anilines is 2. The zero-order valence-electron chi connectivity index (χ0n) is 10.8. The molecule has 0 bridgehead atoms. The molecule has 9 nitrogen and oxygen atoms in total. The number of methoxy groups -OCH3 is 1. The first-order valence-corrected chi connectivity index (χ1v) is 5.68. The highest BCUT2D eigenvalue weighted by Gasteiger charge is 2.10. The second-order valence-corrected chi connectivity index (χ2v) is 3.76. The number of hydrogen-bond donors (Lipinski definition) is 3. The summed E-state index contributed by atoms with van der Waals surface area (Å²) in [6.45, 7) is 0.626. The highest BCUT2D eigenvalue weighted by Crippen LogP contribution is 2.27. The summed E-state index contributed by atoms with van der Waals surface area (Å²) in [6.07, 6.45) is 3.75. The molecular formula is C10H16N8O. The number of aryl methyl sites for hydroxylation is 1. The Balaban J connectivity index is 1.99. The molecule has 0 radical (unpaired) electrons. The molecule has 0 atom stereocenters. The first kappa shape index (κ1) is 13.0. The Morgan fingerprint density at radius 2 is 2.11 bits per heavy atom. The van der Waals surface area contributed by atoms with Crippen molar-refractivity contribution < 1.29 is 4.74 Å². The van der Waals surface area contributed by atoms with Gasteiger partial charge in [-0.25, -0.2) is 20.8 Å². The predicted octanol–water partition coefficient (Wildman–Crippen LogP) is -0.446. The number of nitrogens with zero attached hydrogens (tertiary/aromatic N) is 5. The molecule has 0 aromatic carbocycles. The Kier molecular flexibility index (Phi) is 4.08. The molecule has 9 heteroatoms. The van der Waals surface area contributed by atoms with E-state index in [4.69, 9.17) is 10.6 Å². The number of rotatable bonds is 6. The van der Waals surface area contributed by atoms with Crippen molar-refractivity contribution in [1.29, 1.82) is 0 Å². The van der Waals surface area contributed by atoms with Crippen molar-refractivity contribution in [3.05, 3.63) is 18.5 Å². The molecule has 0 aliphatic heterocycles. The Bertz CT molecular complexity index is 540. The summed E-state index contributed by atoms with van der Waals surface area (Å²) in [4.78, 5) is 12.2. The monoisotopic (exact) mass is 264 g/mol. The molecule has 0 saturated carbocycles. The van der Waals surface area contributed by atoms with Crippen LogP contribution in [-0.2, 0) is 13.5 Å². The lowest BCUT2D eigenvalue weighted by Gasteiger charge is -2.11. The van der Waals surface area contributed by atoms with Gasteiger partial charge in [0.25, 0.3) is 0 Å². The van der Waals surface area contributed by atoms with E-state index in [0.717, 1.165) is 5.82 Å². The fourth-order valence-electron chi connectivity index (χ4n) is 1.59. The maximum atomic E-state index is 5.35. The standard InChI is InChI=1S/C10H16N8O/c1-18-6-15-7(17-18)3-4-12-9-8(19-2)10(16-11)14-5-13-9/h5-6H,3-4,11H2,1-2H3,(H2,12,13,14,16). The number of hydrogen-bond acceptors (Lipinski definition) is 8. The Labute approximate surface area is 110 Å². The van der Waals surface area contributed by atoms with Gasteiger partial charge in [0, 0.05) is 20.0 Å². The van der Waals surface area contributed by atoms with Crippen molar-refractivity contribution in [2.45, 2.75) is 6.42 Å². The van der Waals surface area contributed by atoms with Gasteiger partial charge in [0.2, 0.25) is 5.75 Å². The van der Waals surface area contributed by atoms with E-state index in [9.17, 15) is 0 Å². The van der Waals surface area contributed by atoms with E-state index in [1.165, 1.54) is 13.4 Å². The van der Waals surface area contributed by atoms with Gasteiger partial charge >= 0.3 is 0 Å². The van der Waals surface area contributed by atoms with E-state index < -0.39 is 0 Å². The molecule has 2 aromatic rings. The number of nitrogens with one attached hydrogen (secondary N) is 2. The zero-order valence-corrected chi connectivity index (χ0v) is 10.8. The van der Waals surface area contributed by atoms with Crippen LogP contribution in [0.5, 0.6) is 5.75 Å². The predicted molar refractivity (Wildman–Crippen MR) is 69.6 cm³/mol. The maximum Gasteiger partial charge on any atom is 0.205 e. The summed E-state index contributed by atoms with van der Waals surface area (Å²) in [7, 11) is 3.36. The van der Waals surface area contributed by atoms with Gasteiger partial charge in [-0.15, -0.1) is 0 Å². The molecule has 0 fully saturated rings. The maximum absolute atomic E-state index is 5.35. The average Bonchev–Trinajstić information content (AvgIpc) is 2.84. The van der Waals surface area contributed by atoms with Crippen LogP contribution in [0.4, 0.5) is 11.6 Å². The topological polar surface area (TPSA) is 116 Å². The van der Waals surface area contributed by atoms with Gasteiger partial charge in [-0.1, -0.05) is 0 Å². The van der Waals surface area contributed by atoms with Crippen LogP contribution < -0.4 is 21.3 Å². The quantitative estimate of drug-likeness (QED) is 0.475. The first-order valence-electron chi connectivity index (χ1n) is 5.68. The number of hydrazine groups is 1. The van der Waals surface area contributed by atoms with Crippen molar-refractivity contribution in [1.82, 2.24) is 24.7 Å². The third-order valence-electron chi connectivity index (χ3n) is 2.43. The van der Waals surface area contributed by atoms with Crippen molar-refractivity contribution in [2.24, 2.45) is 12.9 Å². The van der Waals surface area contributed by atoms with Crippen molar-refractivity contribution in [2.75, 3.05) is 24.4 Å². The number of ether oxygens (including phenoxy) is 1. The summed E-state index contributed by atoms with van der Waals surface area (Å²) >= 11 is 0. The van der Waals surface area contributed by atoms with Crippen LogP contribution in [0.15, 0.2) is 12.7 Å². The van der Waals surface area contributed by atoms with E-state index in [1.54, 1.807) is 11.0 Å². The SMILES string of the molecule is COc1c(NN)ncnc1NCCc1ncn(C)n1. The van der Waals surface area contributed by atoms with Gasteiger partial charge in [-0.05, 0) is 0 Å². The van der Waals surface area contributed by atoms with Gasteiger partial charge in [0.15, 0.2) is 17.5 Å². The fraction of sp³-hybridized carbons (Fsp3) is 0.400. The van der Waals surface area contributed by atoms with E-state index >= 15 is 0 Å². The molecule has 4 N–H and O–H groups in total. The van der Waals surface area contributed by atoms with Crippen LogP contribution in [-0.4, -0.2) is 38.4 Å². The molecule has 2 heterocycles. The summed E-state index contributed by atoms with van der Waals surface area (Å²) in [5, 5.41) is 7.32. The van der Waals surface area contributed by atoms with Crippen molar-refractivity contribution in [3.8, 4) is 5.75 Å². The molecule has 2 aromatic heterocycles. The van der Waals surface area contributed by atoms with Gasteiger partial charge < -0.3 is 15.5 Å². The highest BCUT2D eigenvalue weighted by atomic mass is 16.5. The van der Waals surface area contributed by atoms with Crippen LogP contribution in [0.25, 0.3) is 0 Å². The van der Waals surface area contributed by atoms with Gasteiger partial charge in [-0.3, -0.25) is 4.68 Å². The minimum absolute atomic E-state index is 0.427. The molecule has 0 unspecified atom stereocenters. The van der Waals surface area contributed by atoms with Gasteiger partial charge in [-0.2, -0.15) is 5.10 Å². The van der Waals surface area contributed by atoms with Crippen LogP contribution in [0.3, 0.4) is 0 Å². The van der Waals surface area contributed by atoms with Crippen LogP contribution >= 0.6 is 0 Å². The second kappa shape index (κ2) is 5.96. The molecular weight excluding hydrogens is 248 g/mol. The highest BCUT2D eigenvalue weighted by molar-refractivity contribution is 5.62. The van der Waals surface area contributed by atoms with Crippen LogP contribution in [0, 0.1) is 0 Å². The van der Waals surface area contributed by atoms with Gasteiger partial charge in [0.05, 0.1) is 7.11 Å². The van der Waals surface area contributed by atoms with E-state index in [1.807, 2.05) is 7.05 Å². The van der Waals surface area contributed by atoms with Crippen molar-refractivity contribution >= 4 is 11.6 Å². The number of nitrogens with two attached hydrogens (primary N) is 1. The van der Waals surface area contributed by atoms with Crippen LogP contribution in [0.2, 0.25) is 0 Å². The smallest absolute Gasteiger partial charge is 0.205 e. The Hall–Kier alpha value is -2.42. The number of nitrogen functional groups attached to an aromatic ring is 1. The lowest BCUT2D eigenvalue weighted by Crippen LogP contribution is -2.13. The average molecular weight is 264 g/mol. The largest absolute Gasteiger partial charge is 0.490 e. The minimum Gasteiger partial charge on any atom is -0.490 e. The normalized spacial score (nSPS) is 10.3. The lowest BCUT2D eigenvalue weighted by molar-refractivity contribution is 0.414. The Morgan fingerprint density at radius 1 is 1.32 bits per heavy atom. The van der Waals surface area contributed by atoms with Crippen LogP contribution in [0.1, 0.15) is 5.82 Å². The summed E-state index contributed by atoms with van der Waals surface area (Å²) in [6, 6.07) is 0. The van der Waals surface area contributed by atoms with E-state index in [-0.39, 0.29) is 0 Å². The molecule has 19 heavy (non-hydrogen) atoms. The molecule has 0 amide bonds. The molecule has 0 saturated heterocycles. The van der Waals surface area contributed by atoms with E-state index in [2.05, 4.69) is 30.8 Å². The minimum atomic E-state index is 0.427. The molecule has 0 aliphatic rings. The Morgan fingerprint density at radius 3 is 2.74 bits per heavy atom. The lowest BCUT2D eigenvalue weighted by atomic mass is 10.4. The third-order valence-corrected chi connectivity index (χ3v) is 2.43. The first-order chi connectivity index (χ1) is 9.24. The molecule has 2 rings (SSSR count). The second-order valence-electron chi connectivity index (χ2n) is 3.76. The summed E-state index contributed by atoms with van der Waals surface area (Å²) in [5.74, 6) is 7.58. The zero-order chi connectivity index (χ0) is 13.7. The fourth-order valence-corrected chi connectivity index (χ4v) is 1.59. The molecule has 102 valence electrons. The molecule has 0 aliphatic carbocycles. The van der Waals surface area contributed by atoms with Gasteiger partial charge in [0.1, 0.15) is 12.7 Å². The molecule has 0 spiro atoms. The van der Waals surface area contributed by atoms with E-state index in [0.29, 0.717) is 30.4 Å².